The second-order valence-electron chi connectivity index (χ2n) is 6.27. The number of benzene rings is 2. The Kier molecular flexibility index (Phi) is 4.29. The average Bonchev–Trinajstić information content (AvgIpc) is 3.13. The van der Waals surface area contributed by atoms with Crippen LogP contribution in [0.3, 0.4) is 0 Å². The van der Waals surface area contributed by atoms with Crippen molar-refractivity contribution in [2.45, 2.75) is 30.6 Å². The lowest BCUT2D eigenvalue weighted by molar-refractivity contribution is 0.0944. The zero-order valence-electron chi connectivity index (χ0n) is 13.9. The summed E-state index contributed by atoms with van der Waals surface area (Å²) in [5, 5.41) is 0. The number of rotatable bonds is 4. The molecule has 4 rings (SSSR count). The van der Waals surface area contributed by atoms with E-state index in [0.717, 1.165) is 31.2 Å². The Morgan fingerprint density at radius 2 is 1.69 bits per heavy atom. The first-order valence-corrected chi connectivity index (χ1v) is 9.85. The van der Waals surface area contributed by atoms with Gasteiger partial charge in [-0.05, 0) is 67.1 Å². The molecule has 1 heterocycles. The molecule has 0 saturated heterocycles. The Morgan fingerprint density at radius 3 is 2.54 bits per heavy atom. The maximum atomic E-state index is 12.5. The molecule has 0 radical (unpaired) electrons. The van der Waals surface area contributed by atoms with Gasteiger partial charge in [0.1, 0.15) is 0 Å². The summed E-state index contributed by atoms with van der Waals surface area (Å²) in [5.41, 5.74) is 4.75. The summed E-state index contributed by atoms with van der Waals surface area (Å²) in [6, 6.07) is 9.75. The van der Waals surface area contributed by atoms with Crippen LogP contribution in [0.4, 0.5) is 0 Å². The fourth-order valence-electron chi connectivity index (χ4n) is 3.16. The molecule has 136 valence electrons. The summed E-state index contributed by atoms with van der Waals surface area (Å²) in [6.07, 6.45) is 4.04. The van der Waals surface area contributed by atoms with Gasteiger partial charge in [-0.3, -0.25) is 10.2 Å². The molecule has 0 unspecified atom stereocenters. The van der Waals surface area contributed by atoms with Gasteiger partial charge in [-0.15, -0.1) is 4.83 Å². The predicted octanol–water partition coefficient (Wildman–Crippen LogP) is 1.92. The fraction of sp³-hybridized carbons (Fsp3) is 0.278. The SMILES string of the molecule is O=C(NNS(=O)(=O)c1ccc2c(c1)CCCC2)c1ccc2c(c1)OCO2. The lowest BCUT2D eigenvalue weighted by atomic mass is 9.92. The van der Waals surface area contributed by atoms with Crippen LogP contribution >= 0.6 is 0 Å². The maximum Gasteiger partial charge on any atom is 0.266 e. The quantitative estimate of drug-likeness (QED) is 0.798. The van der Waals surface area contributed by atoms with Gasteiger partial charge in [-0.25, -0.2) is 8.42 Å². The Hall–Kier alpha value is -2.58. The van der Waals surface area contributed by atoms with Crippen LogP contribution in [0.25, 0.3) is 0 Å². The smallest absolute Gasteiger partial charge is 0.266 e. The van der Waals surface area contributed by atoms with Crippen LogP contribution < -0.4 is 19.7 Å². The van der Waals surface area contributed by atoms with Crippen molar-refractivity contribution in [2.75, 3.05) is 6.79 Å². The number of hydrogen-bond acceptors (Lipinski definition) is 5. The van der Waals surface area contributed by atoms with E-state index in [1.54, 1.807) is 18.2 Å². The number of fused-ring (bicyclic) bond motifs is 2. The second kappa shape index (κ2) is 6.62. The topological polar surface area (TPSA) is 93.7 Å². The van der Waals surface area contributed by atoms with E-state index in [1.165, 1.54) is 17.7 Å². The predicted molar refractivity (Wildman–Crippen MR) is 93.4 cm³/mol. The third kappa shape index (κ3) is 3.25. The van der Waals surface area contributed by atoms with Gasteiger partial charge < -0.3 is 9.47 Å². The molecule has 0 fully saturated rings. The van der Waals surface area contributed by atoms with Crippen LogP contribution in [0.2, 0.25) is 0 Å². The van der Waals surface area contributed by atoms with Crippen LogP contribution in [0.5, 0.6) is 11.5 Å². The molecule has 1 amide bonds. The van der Waals surface area contributed by atoms with Gasteiger partial charge >= 0.3 is 0 Å². The minimum atomic E-state index is -3.85. The van der Waals surface area contributed by atoms with Crippen molar-refractivity contribution in [1.82, 2.24) is 10.3 Å². The van der Waals surface area contributed by atoms with E-state index in [9.17, 15) is 13.2 Å². The van der Waals surface area contributed by atoms with Crippen LogP contribution in [0.1, 0.15) is 34.3 Å². The van der Waals surface area contributed by atoms with E-state index in [0.29, 0.717) is 11.5 Å². The molecule has 8 heteroatoms. The third-order valence-electron chi connectivity index (χ3n) is 4.56. The monoisotopic (exact) mass is 374 g/mol. The molecule has 0 atom stereocenters. The summed E-state index contributed by atoms with van der Waals surface area (Å²) < 4.78 is 35.3. The fourth-order valence-corrected chi connectivity index (χ4v) is 4.05. The highest BCUT2D eigenvalue weighted by Crippen LogP contribution is 2.32. The number of carbonyl (C=O) groups excluding carboxylic acids is 1. The zero-order valence-corrected chi connectivity index (χ0v) is 14.8. The Labute approximate surface area is 151 Å². The molecule has 2 aliphatic rings. The molecule has 0 saturated carbocycles. The van der Waals surface area contributed by atoms with E-state index >= 15 is 0 Å². The van der Waals surface area contributed by atoms with Gasteiger partial charge in [-0.1, -0.05) is 6.07 Å². The number of hydrazine groups is 1. The second-order valence-corrected chi connectivity index (χ2v) is 7.95. The Bertz CT molecular complexity index is 972. The van der Waals surface area contributed by atoms with Gasteiger partial charge in [0, 0.05) is 5.56 Å². The number of ether oxygens (including phenoxy) is 2. The number of amides is 1. The molecule has 0 spiro atoms. The summed E-state index contributed by atoms with van der Waals surface area (Å²) in [7, 11) is -3.85. The first kappa shape index (κ1) is 16.9. The molecular formula is C18H18N2O5S. The lowest BCUT2D eigenvalue weighted by Gasteiger charge is -2.17. The number of carbonyl (C=O) groups is 1. The van der Waals surface area contributed by atoms with E-state index in [-0.39, 0.29) is 17.3 Å². The zero-order chi connectivity index (χ0) is 18.1. The Balaban J connectivity index is 1.47. The van der Waals surface area contributed by atoms with Crippen molar-refractivity contribution in [3.05, 3.63) is 53.1 Å². The minimum absolute atomic E-state index is 0.103. The molecule has 2 aromatic rings. The minimum Gasteiger partial charge on any atom is -0.454 e. The van der Waals surface area contributed by atoms with Crippen LogP contribution in [0, 0.1) is 0 Å². The van der Waals surface area contributed by atoms with Crippen LogP contribution in [-0.4, -0.2) is 21.1 Å². The first-order chi connectivity index (χ1) is 12.5. The van der Waals surface area contributed by atoms with E-state index in [4.69, 9.17) is 9.47 Å². The number of aryl methyl sites for hydroxylation is 2. The highest BCUT2D eigenvalue weighted by atomic mass is 32.2. The molecule has 0 bridgehead atoms. The normalized spacial score (nSPS) is 15.4. The number of sulfonamides is 1. The highest BCUT2D eigenvalue weighted by Gasteiger charge is 2.20. The van der Waals surface area contributed by atoms with Crippen molar-refractivity contribution in [1.29, 1.82) is 0 Å². The molecule has 2 N–H and O–H groups in total. The van der Waals surface area contributed by atoms with Crippen LogP contribution in [0.15, 0.2) is 41.3 Å². The van der Waals surface area contributed by atoms with Crippen molar-refractivity contribution in [3.8, 4) is 11.5 Å². The highest BCUT2D eigenvalue weighted by molar-refractivity contribution is 7.89. The van der Waals surface area contributed by atoms with E-state index in [2.05, 4.69) is 10.3 Å². The largest absolute Gasteiger partial charge is 0.454 e. The summed E-state index contributed by atoms with van der Waals surface area (Å²) in [5.74, 6) is 0.427. The van der Waals surface area contributed by atoms with Crippen LogP contribution in [-0.2, 0) is 22.9 Å². The van der Waals surface area contributed by atoms with Gasteiger partial charge in [-0.2, -0.15) is 0 Å². The lowest BCUT2D eigenvalue weighted by Crippen LogP contribution is -2.41. The number of nitrogens with one attached hydrogen (secondary N) is 2. The summed E-state index contributed by atoms with van der Waals surface area (Å²) in [4.78, 5) is 14.5. The molecule has 7 nitrogen and oxygen atoms in total. The van der Waals surface area contributed by atoms with Gasteiger partial charge in [0.2, 0.25) is 6.79 Å². The van der Waals surface area contributed by atoms with Crippen molar-refractivity contribution in [3.63, 3.8) is 0 Å². The summed E-state index contributed by atoms with van der Waals surface area (Å²) >= 11 is 0. The molecule has 0 aromatic heterocycles. The van der Waals surface area contributed by atoms with Gasteiger partial charge in [0.25, 0.3) is 15.9 Å². The van der Waals surface area contributed by atoms with Crippen molar-refractivity contribution in [2.24, 2.45) is 0 Å². The summed E-state index contributed by atoms with van der Waals surface area (Å²) in [6.45, 7) is 0.103. The van der Waals surface area contributed by atoms with Crippen molar-refractivity contribution >= 4 is 15.9 Å². The molecule has 1 aliphatic heterocycles. The standard InChI is InChI=1S/C18H18N2O5S/c21-18(14-6-8-16-17(10-14)25-11-24-16)19-20-26(22,23)15-7-5-12-3-1-2-4-13(12)9-15/h5-10,20H,1-4,11H2,(H,19,21). The number of hydrogen-bond donors (Lipinski definition) is 2. The third-order valence-corrected chi connectivity index (χ3v) is 5.81. The van der Waals surface area contributed by atoms with Gasteiger partial charge in [0.05, 0.1) is 4.90 Å². The first-order valence-electron chi connectivity index (χ1n) is 8.36. The molecule has 2 aromatic carbocycles. The molecule has 26 heavy (non-hydrogen) atoms. The van der Waals surface area contributed by atoms with Gasteiger partial charge in [0.15, 0.2) is 11.5 Å². The van der Waals surface area contributed by atoms with Crippen molar-refractivity contribution < 1.29 is 22.7 Å². The molecular weight excluding hydrogens is 356 g/mol. The Morgan fingerprint density at radius 1 is 0.923 bits per heavy atom. The van der Waals surface area contributed by atoms with E-state index < -0.39 is 15.9 Å². The maximum absolute atomic E-state index is 12.5. The average molecular weight is 374 g/mol. The molecule has 1 aliphatic carbocycles. The van der Waals surface area contributed by atoms with E-state index in [1.807, 2.05) is 6.07 Å².